The number of carbonyl (C=O) groups is 2. The van der Waals surface area contributed by atoms with Gasteiger partial charge < -0.3 is 15.4 Å². The molecule has 25 heavy (non-hydrogen) atoms. The van der Waals surface area contributed by atoms with Gasteiger partial charge in [0.1, 0.15) is 11.6 Å². The Kier molecular flexibility index (Phi) is 8.02. The summed E-state index contributed by atoms with van der Waals surface area (Å²) >= 11 is 0. The number of nitrogens with one attached hydrogen (secondary N) is 2. The van der Waals surface area contributed by atoms with Gasteiger partial charge in [-0.2, -0.15) is 5.26 Å². The largest absolute Gasteiger partial charge is 0.444 e. The summed E-state index contributed by atoms with van der Waals surface area (Å²) in [7, 11) is 0. The lowest BCUT2D eigenvalue weighted by Gasteiger charge is -2.22. The molecule has 132 valence electrons. The molecule has 0 aliphatic rings. The Morgan fingerprint density at radius 3 is 2.52 bits per heavy atom. The summed E-state index contributed by atoms with van der Waals surface area (Å²) in [6.45, 7) is 5.44. The topological polar surface area (TPSA) is 91.2 Å². The standard InChI is InChI=1S/C19H23N3O3/c1-19(2,3)25-18(24)22-16(17(23)21-14-8-13-20)12-7-11-15-9-5-4-6-10-15/h4-6,9-10,16H,8,12,14H2,1-3H3,(H,21,23)(H,22,24)/t16-/m0/s1. The van der Waals surface area contributed by atoms with Crippen molar-refractivity contribution in [2.45, 2.75) is 45.3 Å². The molecule has 1 rings (SSSR count). The van der Waals surface area contributed by atoms with Crippen LogP contribution in [-0.4, -0.2) is 30.2 Å². The number of hydrogen-bond acceptors (Lipinski definition) is 4. The second-order valence-corrected chi connectivity index (χ2v) is 6.27. The molecule has 6 nitrogen and oxygen atoms in total. The van der Waals surface area contributed by atoms with Crippen LogP contribution in [-0.2, 0) is 9.53 Å². The molecule has 0 radical (unpaired) electrons. The van der Waals surface area contributed by atoms with Crippen LogP contribution in [0.2, 0.25) is 0 Å². The van der Waals surface area contributed by atoms with Crippen LogP contribution in [0.25, 0.3) is 0 Å². The van der Waals surface area contributed by atoms with Crippen molar-refractivity contribution in [3.8, 4) is 17.9 Å². The van der Waals surface area contributed by atoms with Crippen LogP contribution in [0.4, 0.5) is 4.79 Å². The van der Waals surface area contributed by atoms with Gasteiger partial charge in [-0.05, 0) is 32.9 Å². The van der Waals surface area contributed by atoms with Gasteiger partial charge in [0.2, 0.25) is 5.91 Å². The molecule has 2 amide bonds. The number of benzene rings is 1. The average Bonchev–Trinajstić information content (AvgIpc) is 2.53. The third kappa shape index (κ3) is 9.02. The first kappa shape index (κ1) is 20.1. The molecule has 0 spiro atoms. The maximum absolute atomic E-state index is 12.2. The fourth-order valence-corrected chi connectivity index (χ4v) is 1.80. The van der Waals surface area contributed by atoms with Gasteiger partial charge in [-0.15, -0.1) is 0 Å². The van der Waals surface area contributed by atoms with Crippen LogP contribution in [0, 0.1) is 23.2 Å². The number of alkyl carbamates (subject to hydrolysis) is 1. The molecule has 2 N–H and O–H groups in total. The van der Waals surface area contributed by atoms with Gasteiger partial charge in [-0.1, -0.05) is 30.0 Å². The second kappa shape index (κ2) is 10.00. The zero-order valence-corrected chi connectivity index (χ0v) is 14.8. The fraction of sp³-hybridized carbons (Fsp3) is 0.421. The first-order valence-corrected chi connectivity index (χ1v) is 8.00. The molecule has 0 heterocycles. The van der Waals surface area contributed by atoms with Crippen LogP contribution in [0.15, 0.2) is 30.3 Å². The Hall–Kier alpha value is -2.99. The number of nitriles is 1. The Bertz CT molecular complexity index is 676. The first-order chi connectivity index (χ1) is 11.8. The van der Waals surface area contributed by atoms with Gasteiger partial charge in [-0.3, -0.25) is 4.79 Å². The summed E-state index contributed by atoms with van der Waals surface area (Å²) < 4.78 is 5.18. The normalized spacial score (nSPS) is 11.3. The smallest absolute Gasteiger partial charge is 0.408 e. The summed E-state index contributed by atoms with van der Waals surface area (Å²) in [5.41, 5.74) is 0.158. The van der Waals surface area contributed by atoms with E-state index in [1.807, 2.05) is 36.4 Å². The van der Waals surface area contributed by atoms with Crippen molar-refractivity contribution in [1.82, 2.24) is 10.6 Å². The third-order valence-electron chi connectivity index (χ3n) is 2.86. The van der Waals surface area contributed by atoms with Crippen LogP contribution in [0.5, 0.6) is 0 Å². The van der Waals surface area contributed by atoms with Crippen molar-refractivity contribution in [1.29, 1.82) is 5.26 Å². The van der Waals surface area contributed by atoms with Gasteiger partial charge in [0.25, 0.3) is 0 Å². The number of hydrogen-bond donors (Lipinski definition) is 2. The minimum absolute atomic E-state index is 0.131. The van der Waals surface area contributed by atoms with Crippen LogP contribution < -0.4 is 10.6 Å². The predicted molar refractivity (Wildman–Crippen MR) is 94.3 cm³/mol. The van der Waals surface area contributed by atoms with Gasteiger partial charge in [0, 0.05) is 18.5 Å². The zero-order chi connectivity index (χ0) is 18.7. The molecular formula is C19H23N3O3. The molecule has 0 bridgehead atoms. The molecule has 0 unspecified atom stereocenters. The van der Waals surface area contributed by atoms with Gasteiger partial charge in [0.05, 0.1) is 12.5 Å². The minimum Gasteiger partial charge on any atom is -0.444 e. The number of nitrogens with zero attached hydrogens (tertiary/aromatic N) is 1. The zero-order valence-electron chi connectivity index (χ0n) is 14.8. The van der Waals surface area contributed by atoms with E-state index in [4.69, 9.17) is 10.00 Å². The third-order valence-corrected chi connectivity index (χ3v) is 2.86. The van der Waals surface area contributed by atoms with E-state index in [2.05, 4.69) is 22.5 Å². The summed E-state index contributed by atoms with van der Waals surface area (Å²) in [5, 5.41) is 13.7. The first-order valence-electron chi connectivity index (χ1n) is 8.00. The van der Waals surface area contributed by atoms with Crippen molar-refractivity contribution in [2.75, 3.05) is 6.54 Å². The monoisotopic (exact) mass is 341 g/mol. The van der Waals surface area contributed by atoms with Gasteiger partial charge >= 0.3 is 6.09 Å². The van der Waals surface area contributed by atoms with Crippen molar-refractivity contribution in [3.63, 3.8) is 0 Å². The van der Waals surface area contributed by atoms with E-state index in [-0.39, 0.29) is 19.4 Å². The molecule has 0 aliphatic heterocycles. The van der Waals surface area contributed by atoms with E-state index in [9.17, 15) is 9.59 Å². The molecule has 0 aromatic heterocycles. The van der Waals surface area contributed by atoms with E-state index in [1.54, 1.807) is 20.8 Å². The molecule has 1 aromatic rings. The van der Waals surface area contributed by atoms with E-state index in [1.165, 1.54) is 0 Å². The maximum atomic E-state index is 12.2. The highest BCUT2D eigenvalue weighted by molar-refractivity contribution is 5.86. The number of amides is 2. The van der Waals surface area contributed by atoms with Gasteiger partial charge in [0.15, 0.2) is 0 Å². The summed E-state index contributed by atoms with van der Waals surface area (Å²) in [4.78, 5) is 24.1. The summed E-state index contributed by atoms with van der Waals surface area (Å²) in [6.07, 6.45) is -0.359. The van der Waals surface area contributed by atoms with Crippen molar-refractivity contribution >= 4 is 12.0 Å². The molecule has 0 saturated heterocycles. The Labute approximate surface area is 148 Å². The molecule has 0 fully saturated rings. The van der Waals surface area contributed by atoms with Crippen molar-refractivity contribution in [2.24, 2.45) is 0 Å². The van der Waals surface area contributed by atoms with Crippen molar-refractivity contribution in [3.05, 3.63) is 35.9 Å². The highest BCUT2D eigenvalue weighted by Crippen LogP contribution is 2.07. The lowest BCUT2D eigenvalue weighted by atomic mass is 10.1. The Morgan fingerprint density at radius 1 is 1.24 bits per heavy atom. The summed E-state index contributed by atoms with van der Waals surface area (Å²) in [6, 6.07) is 10.4. The van der Waals surface area contributed by atoms with E-state index in [0.29, 0.717) is 0 Å². The number of carbonyl (C=O) groups excluding carboxylic acids is 2. The van der Waals surface area contributed by atoms with Crippen LogP contribution in [0.3, 0.4) is 0 Å². The van der Waals surface area contributed by atoms with Crippen LogP contribution in [0.1, 0.15) is 39.2 Å². The molecule has 1 aromatic carbocycles. The van der Waals surface area contributed by atoms with E-state index >= 15 is 0 Å². The van der Waals surface area contributed by atoms with Crippen LogP contribution >= 0.6 is 0 Å². The molecule has 1 atom stereocenters. The lowest BCUT2D eigenvalue weighted by Crippen LogP contribution is -2.48. The van der Waals surface area contributed by atoms with E-state index in [0.717, 1.165) is 5.56 Å². The Morgan fingerprint density at radius 2 is 1.92 bits per heavy atom. The maximum Gasteiger partial charge on any atom is 0.408 e. The summed E-state index contributed by atoms with van der Waals surface area (Å²) in [5.74, 6) is 5.44. The SMILES string of the molecule is CC(C)(C)OC(=O)N[C@@H](CC#Cc1ccccc1)C(=O)NCCC#N. The number of rotatable bonds is 5. The highest BCUT2D eigenvalue weighted by Gasteiger charge is 2.23. The second-order valence-electron chi connectivity index (χ2n) is 6.27. The average molecular weight is 341 g/mol. The molecule has 6 heteroatoms. The molecule has 0 aliphatic carbocycles. The predicted octanol–water partition coefficient (Wildman–Crippen LogP) is 2.35. The molecule has 0 saturated carbocycles. The molecular weight excluding hydrogens is 318 g/mol. The highest BCUT2D eigenvalue weighted by atomic mass is 16.6. The minimum atomic E-state index is -0.857. The van der Waals surface area contributed by atoms with Gasteiger partial charge in [-0.25, -0.2) is 4.79 Å². The quantitative estimate of drug-likeness (QED) is 0.635. The Balaban J connectivity index is 2.73. The lowest BCUT2D eigenvalue weighted by molar-refractivity contribution is -0.123. The number of ether oxygens (including phenoxy) is 1. The van der Waals surface area contributed by atoms with Crippen molar-refractivity contribution < 1.29 is 14.3 Å². The fourth-order valence-electron chi connectivity index (χ4n) is 1.80. The van der Waals surface area contributed by atoms with E-state index < -0.39 is 23.6 Å².